The second kappa shape index (κ2) is 16.2. The molecule has 0 atom stereocenters. The SMILES string of the molecule is CCOCCOCCOCCOCCN(C)CCCNC(C)(C)C. The van der Waals surface area contributed by atoms with Crippen LogP contribution < -0.4 is 5.32 Å². The molecule has 0 amide bonds. The summed E-state index contributed by atoms with van der Waals surface area (Å²) in [6.07, 6.45) is 1.15. The molecule has 1 N–H and O–H groups in total. The van der Waals surface area contributed by atoms with Crippen LogP contribution in [0.3, 0.4) is 0 Å². The maximum atomic E-state index is 5.58. The molecular formula is C18H40N2O4. The molecule has 0 rings (SSSR count). The van der Waals surface area contributed by atoms with E-state index in [9.17, 15) is 0 Å². The predicted molar refractivity (Wildman–Crippen MR) is 98.8 cm³/mol. The van der Waals surface area contributed by atoms with Gasteiger partial charge in [-0.1, -0.05) is 0 Å². The highest BCUT2D eigenvalue weighted by molar-refractivity contribution is 4.70. The number of likely N-dealkylation sites (N-methyl/N-ethyl adjacent to an activating group) is 1. The lowest BCUT2D eigenvalue weighted by molar-refractivity contribution is -0.00212. The zero-order valence-corrected chi connectivity index (χ0v) is 16.6. The fourth-order valence-electron chi connectivity index (χ4n) is 1.95. The first-order valence-electron chi connectivity index (χ1n) is 9.20. The average Bonchev–Trinajstić information content (AvgIpc) is 2.52. The molecule has 0 saturated carbocycles. The van der Waals surface area contributed by atoms with Gasteiger partial charge in [0.05, 0.1) is 46.2 Å². The van der Waals surface area contributed by atoms with Crippen molar-refractivity contribution in [2.45, 2.75) is 39.7 Å². The minimum absolute atomic E-state index is 0.204. The van der Waals surface area contributed by atoms with Gasteiger partial charge in [0.1, 0.15) is 0 Å². The van der Waals surface area contributed by atoms with Crippen LogP contribution in [0.25, 0.3) is 0 Å². The zero-order chi connectivity index (χ0) is 18.1. The van der Waals surface area contributed by atoms with Crippen molar-refractivity contribution in [3.8, 4) is 0 Å². The standard InChI is InChI=1S/C18H40N2O4/c1-6-21-12-13-23-16-17-24-15-14-22-11-10-20(5)9-7-8-19-18(2,3)4/h19H,6-17H2,1-5H3. The molecule has 6 heteroatoms. The van der Waals surface area contributed by atoms with Crippen molar-refractivity contribution >= 4 is 0 Å². The summed E-state index contributed by atoms with van der Waals surface area (Å²) in [4.78, 5) is 2.30. The Hall–Kier alpha value is -0.240. The highest BCUT2D eigenvalue weighted by Crippen LogP contribution is 1.98. The van der Waals surface area contributed by atoms with Crippen LogP contribution in [0.4, 0.5) is 0 Å². The van der Waals surface area contributed by atoms with Crippen molar-refractivity contribution in [1.82, 2.24) is 10.2 Å². The lowest BCUT2D eigenvalue weighted by atomic mass is 10.1. The summed E-state index contributed by atoms with van der Waals surface area (Å²) >= 11 is 0. The molecule has 0 fully saturated rings. The third-order valence-corrected chi connectivity index (χ3v) is 3.31. The van der Waals surface area contributed by atoms with Gasteiger partial charge in [-0.2, -0.15) is 0 Å². The fourth-order valence-corrected chi connectivity index (χ4v) is 1.95. The van der Waals surface area contributed by atoms with Gasteiger partial charge in [0.25, 0.3) is 0 Å². The Morgan fingerprint density at radius 3 is 1.75 bits per heavy atom. The van der Waals surface area contributed by atoms with Crippen molar-refractivity contribution in [3.05, 3.63) is 0 Å². The first-order valence-corrected chi connectivity index (χ1v) is 9.20. The summed E-state index contributed by atoms with van der Waals surface area (Å²) in [5, 5.41) is 3.50. The van der Waals surface area contributed by atoms with Crippen molar-refractivity contribution in [1.29, 1.82) is 0 Å². The molecule has 0 spiro atoms. The highest BCUT2D eigenvalue weighted by Gasteiger charge is 2.07. The molecule has 0 bridgehead atoms. The molecular weight excluding hydrogens is 308 g/mol. The predicted octanol–water partition coefficient (Wildman–Crippen LogP) is 1.78. The van der Waals surface area contributed by atoms with E-state index >= 15 is 0 Å². The van der Waals surface area contributed by atoms with Crippen LogP contribution in [0.5, 0.6) is 0 Å². The second-order valence-electron chi connectivity index (χ2n) is 6.87. The average molecular weight is 349 g/mol. The van der Waals surface area contributed by atoms with Gasteiger partial charge < -0.3 is 29.2 Å². The van der Waals surface area contributed by atoms with Crippen LogP contribution in [0.1, 0.15) is 34.1 Å². The maximum absolute atomic E-state index is 5.58. The van der Waals surface area contributed by atoms with E-state index < -0.39 is 0 Å². The third kappa shape index (κ3) is 19.8. The first-order chi connectivity index (χ1) is 11.5. The minimum atomic E-state index is 0.204. The van der Waals surface area contributed by atoms with Gasteiger partial charge >= 0.3 is 0 Å². The number of hydrogen-bond acceptors (Lipinski definition) is 6. The normalized spacial score (nSPS) is 12.2. The summed E-state index contributed by atoms with van der Waals surface area (Å²) in [6, 6.07) is 0. The van der Waals surface area contributed by atoms with Gasteiger partial charge in [0.15, 0.2) is 0 Å². The molecule has 146 valence electrons. The third-order valence-electron chi connectivity index (χ3n) is 3.31. The Kier molecular flexibility index (Phi) is 16.1. The molecule has 0 aliphatic rings. The first kappa shape index (κ1) is 23.8. The molecule has 24 heavy (non-hydrogen) atoms. The van der Waals surface area contributed by atoms with Gasteiger partial charge in [0, 0.05) is 18.7 Å². The topological polar surface area (TPSA) is 52.2 Å². The van der Waals surface area contributed by atoms with Crippen molar-refractivity contribution in [2.24, 2.45) is 0 Å². The number of ether oxygens (including phenoxy) is 4. The monoisotopic (exact) mass is 348 g/mol. The largest absolute Gasteiger partial charge is 0.379 e. The number of nitrogens with one attached hydrogen (secondary N) is 1. The van der Waals surface area contributed by atoms with Crippen molar-refractivity contribution in [3.63, 3.8) is 0 Å². The number of rotatable bonds is 17. The van der Waals surface area contributed by atoms with Gasteiger partial charge in [-0.05, 0) is 54.3 Å². The number of hydrogen-bond donors (Lipinski definition) is 1. The van der Waals surface area contributed by atoms with Crippen LogP contribution in [0.2, 0.25) is 0 Å². The summed E-state index contributed by atoms with van der Waals surface area (Å²) in [7, 11) is 2.14. The molecule has 0 aliphatic carbocycles. The summed E-state index contributed by atoms with van der Waals surface area (Å²) in [5.41, 5.74) is 0.204. The summed E-state index contributed by atoms with van der Waals surface area (Å²) < 4.78 is 21.6. The minimum Gasteiger partial charge on any atom is -0.379 e. The van der Waals surface area contributed by atoms with Crippen LogP contribution in [0.15, 0.2) is 0 Å². The Labute approximate surface area is 149 Å². The highest BCUT2D eigenvalue weighted by atomic mass is 16.6. The maximum Gasteiger partial charge on any atom is 0.0701 e. The van der Waals surface area contributed by atoms with Gasteiger partial charge in [-0.3, -0.25) is 0 Å². The zero-order valence-electron chi connectivity index (χ0n) is 16.6. The second-order valence-corrected chi connectivity index (χ2v) is 6.87. The van der Waals surface area contributed by atoms with Crippen molar-refractivity contribution < 1.29 is 18.9 Å². The molecule has 0 heterocycles. The van der Waals surface area contributed by atoms with E-state index in [2.05, 4.69) is 38.0 Å². The van der Waals surface area contributed by atoms with Crippen LogP contribution in [-0.4, -0.2) is 90.0 Å². The van der Waals surface area contributed by atoms with Crippen LogP contribution in [-0.2, 0) is 18.9 Å². The lowest BCUT2D eigenvalue weighted by Crippen LogP contribution is -2.37. The van der Waals surface area contributed by atoms with E-state index in [1.54, 1.807) is 0 Å². The van der Waals surface area contributed by atoms with E-state index in [0.29, 0.717) is 39.6 Å². The smallest absolute Gasteiger partial charge is 0.0701 e. The number of nitrogens with zero attached hydrogens (tertiary/aromatic N) is 1. The van der Waals surface area contributed by atoms with Crippen LogP contribution >= 0.6 is 0 Å². The molecule has 0 unspecified atom stereocenters. The van der Waals surface area contributed by atoms with E-state index in [1.807, 2.05) is 6.92 Å². The Morgan fingerprint density at radius 2 is 1.25 bits per heavy atom. The van der Waals surface area contributed by atoms with E-state index in [4.69, 9.17) is 18.9 Å². The van der Waals surface area contributed by atoms with Crippen molar-refractivity contribution in [2.75, 3.05) is 79.5 Å². The molecule has 0 saturated heterocycles. The van der Waals surface area contributed by atoms with E-state index in [-0.39, 0.29) is 5.54 Å². The Balaban J connectivity index is 3.18. The molecule has 0 radical (unpaired) electrons. The quantitative estimate of drug-likeness (QED) is 0.405. The van der Waals surface area contributed by atoms with E-state index in [0.717, 1.165) is 39.3 Å². The summed E-state index contributed by atoms with van der Waals surface area (Å²) in [6.45, 7) is 16.9. The van der Waals surface area contributed by atoms with Gasteiger partial charge in [0.2, 0.25) is 0 Å². The van der Waals surface area contributed by atoms with Crippen LogP contribution in [0, 0.1) is 0 Å². The lowest BCUT2D eigenvalue weighted by Gasteiger charge is -2.22. The van der Waals surface area contributed by atoms with Gasteiger partial charge in [-0.25, -0.2) is 0 Å². The Bertz CT molecular complexity index is 260. The van der Waals surface area contributed by atoms with E-state index in [1.165, 1.54) is 0 Å². The molecule has 6 nitrogen and oxygen atoms in total. The molecule has 0 aromatic heterocycles. The summed E-state index contributed by atoms with van der Waals surface area (Å²) in [5.74, 6) is 0. The Morgan fingerprint density at radius 1 is 0.750 bits per heavy atom. The van der Waals surface area contributed by atoms with Gasteiger partial charge in [-0.15, -0.1) is 0 Å². The fraction of sp³-hybridized carbons (Fsp3) is 1.00. The molecule has 0 aliphatic heterocycles. The molecule has 0 aromatic carbocycles. The molecule has 0 aromatic rings.